The summed E-state index contributed by atoms with van der Waals surface area (Å²) in [5.74, 6) is -0.280. The van der Waals surface area contributed by atoms with Crippen molar-refractivity contribution in [2.45, 2.75) is 6.42 Å². The molecule has 0 spiro atoms. The minimum atomic E-state index is -0.280. The number of hydrogen-bond donors (Lipinski definition) is 2. The largest absolute Gasteiger partial charge is 0.383 e. The molecule has 0 bridgehead atoms. The van der Waals surface area contributed by atoms with E-state index in [9.17, 15) is 4.79 Å². The molecule has 0 aliphatic rings. The van der Waals surface area contributed by atoms with Crippen molar-refractivity contribution in [2.24, 2.45) is 0 Å². The molecule has 2 aromatic carbocycles. The number of amides is 1. The molecule has 26 heavy (non-hydrogen) atoms. The van der Waals surface area contributed by atoms with Gasteiger partial charge in [-0.3, -0.25) is 4.79 Å². The van der Waals surface area contributed by atoms with E-state index in [0.717, 1.165) is 29.2 Å². The third-order valence-corrected chi connectivity index (χ3v) is 4.18. The Kier molecular flexibility index (Phi) is 6.10. The number of carbonyl (C=O) groups is 1. The lowest BCUT2D eigenvalue weighted by Crippen LogP contribution is -2.14. The molecule has 1 amide bonds. The summed E-state index contributed by atoms with van der Waals surface area (Å²) in [5.41, 5.74) is 2.99. The van der Waals surface area contributed by atoms with Gasteiger partial charge in [-0.15, -0.1) is 0 Å². The van der Waals surface area contributed by atoms with E-state index >= 15 is 0 Å². The van der Waals surface area contributed by atoms with Gasteiger partial charge in [0.05, 0.1) is 11.9 Å². The highest BCUT2D eigenvalue weighted by atomic mass is 35.5. The second-order valence-corrected chi connectivity index (χ2v) is 6.58. The molecule has 4 nitrogen and oxygen atoms in total. The van der Waals surface area contributed by atoms with E-state index in [4.69, 9.17) is 23.2 Å². The molecule has 132 valence electrons. The van der Waals surface area contributed by atoms with Gasteiger partial charge >= 0.3 is 0 Å². The topological polar surface area (TPSA) is 54.0 Å². The van der Waals surface area contributed by atoms with E-state index in [1.807, 2.05) is 30.3 Å². The van der Waals surface area contributed by atoms with Gasteiger partial charge in [0.1, 0.15) is 5.69 Å². The zero-order chi connectivity index (χ0) is 18.4. The zero-order valence-electron chi connectivity index (χ0n) is 13.9. The monoisotopic (exact) mass is 385 g/mol. The first-order valence-corrected chi connectivity index (χ1v) is 8.87. The first kappa shape index (κ1) is 18.2. The van der Waals surface area contributed by atoms with Crippen molar-refractivity contribution in [3.05, 3.63) is 88.2 Å². The van der Waals surface area contributed by atoms with Crippen LogP contribution in [0.2, 0.25) is 10.0 Å². The highest BCUT2D eigenvalue weighted by molar-refractivity contribution is 6.31. The average Bonchev–Trinajstić information content (AvgIpc) is 2.62. The molecular weight excluding hydrogens is 369 g/mol. The molecule has 0 radical (unpaired) electrons. The van der Waals surface area contributed by atoms with E-state index < -0.39 is 0 Å². The molecule has 0 unspecified atom stereocenters. The number of anilines is 2. The van der Waals surface area contributed by atoms with Crippen molar-refractivity contribution in [1.29, 1.82) is 0 Å². The van der Waals surface area contributed by atoms with Gasteiger partial charge in [-0.25, -0.2) is 4.98 Å². The number of nitrogens with zero attached hydrogens (tertiary/aromatic N) is 1. The molecule has 3 aromatic rings. The van der Waals surface area contributed by atoms with Crippen LogP contribution in [0.4, 0.5) is 11.4 Å². The zero-order valence-corrected chi connectivity index (χ0v) is 15.4. The second kappa shape index (κ2) is 8.70. The van der Waals surface area contributed by atoms with Gasteiger partial charge in [-0.2, -0.15) is 0 Å². The quantitative estimate of drug-likeness (QED) is 0.605. The van der Waals surface area contributed by atoms with Crippen LogP contribution in [-0.4, -0.2) is 17.4 Å². The fourth-order valence-electron chi connectivity index (χ4n) is 2.44. The van der Waals surface area contributed by atoms with E-state index in [0.29, 0.717) is 16.4 Å². The molecule has 1 aromatic heterocycles. The highest BCUT2D eigenvalue weighted by Gasteiger charge is 2.08. The summed E-state index contributed by atoms with van der Waals surface area (Å²) < 4.78 is 0. The standard InChI is InChI=1S/C20H17Cl2N3O/c21-15-4-1-3-14(11-15)9-10-23-18-7-8-19(24-13-18)20(26)25-17-6-2-5-16(22)12-17/h1-8,11-13,23H,9-10H2,(H,25,26). The van der Waals surface area contributed by atoms with Crippen LogP contribution in [0, 0.1) is 0 Å². The molecule has 1 heterocycles. The van der Waals surface area contributed by atoms with Gasteiger partial charge < -0.3 is 10.6 Å². The maximum Gasteiger partial charge on any atom is 0.274 e. The fourth-order valence-corrected chi connectivity index (χ4v) is 2.84. The highest BCUT2D eigenvalue weighted by Crippen LogP contribution is 2.16. The van der Waals surface area contributed by atoms with Gasteiger partial charge in [0.15, 0.2) is 0 Å². The molecule has 2 N–H and O–H groups in total. The number of rotatable bonds is 6. The fraction of sp³-hybridized carbons (Fsp3) is 0.100. The summed E-state index contributed by atoms with van der Waals surface area (Å²) in [6, 6.07) is 18.3. The summed E-state index contributed by atoms with van der Waals surface area (Å²) in [6.07, 6.45) is 2.49. The van der Waals surface area contributed by atoms with Crippen LogP contribution in [0.5, 0.6) is 0 Å². The van der Waals surface area contributed by atoms with Gasteiger partial charge in [0, 0.05) is 22.3 Å². The van der Waals surface area contributed by atoms with Crippen LogP contribution in [-0.2, 0) is 6.42 Å². The Hall–Kier alpha value is -2.56. The number of benzene rings is 2. The smallest absolute Gasteiger partial charge is 0.274 e. The third-order valence-electron chi connectivity index (χ3n) is 3.71. The average molecular weight is 386 g/mol. The SMILES string of the molecule is O=C(Nc1cccc(Cl)c1)c1ccc(NCCc2cccc(Cl)c2)cn1. The molecule has 3 rings (SSSR count). The van der Waals surface area contributed by atoms with Crippen molar-refractivity contribution in [3.63, 3.8) is 0 Å². The van der Waals surface area contributed by atoms with Gasteiger partial charge in [-0.05, 0) is 54.4 Å². The van der Waals surface area contributed by atoms with Crippen LogP contribution in [0.15, 0.2) is 66.9 Å². The minimum absolute atomic E-state index is 0.280. The Morgan fingerprint density at radius 1 is 0.923 bits per heavy atom. The molecule has 0 saturated heterocycles. The number of nitrogens with one attached hydrogen (secondary N) is 2. The molecule has 0 aliphatic carbocycles. The molecule has 0 aliphatic heterocycles. The number of hydrogen-bond acceptors (Lipinski definition) is 3. The minimum Gasteiger partial charge on any atom is -0.383 e. The van der Waals surface area contributed by atoms with E-state index in [1.54, 1.807) is 36.5 Å². The van der Waals surface area contributed by atoms with Gasteiger partial charge in [0.2, 0.25) is 0 Å². The van der Waals surface area contributed by atoms with Crippen molar-refractivity contribution < 1.29 is 4.79 Å². The van der Waals surface area contributed by atoms with Crippen molar-refractivity contribution >= 4 is 40.5 Å². The van der Waals surface area contributed by atoms with E-state index in [2.05, 4.69) is 15.6 Å². The summed E-state index contributed by atoms with van der Waals surface area (Å²) in [4.78, 5) is 16.4. The predicted molar refractivity (Wildman–Crippen MR) is 107 cm³/mol. The van der Waals surface area contributed by atoms with Gasteiger partial charge in [0.25, 0.3) is 5.91 Å². The van der Waals surface area contributed by atoms with Crippen LogP contribution in [0.3, 0.4) is 0 Å². The number of pyridine rings is 1. The first-order chi connectivity index (χ1) is 12.6. The molecule has 0 atom stereocenters. The Morgan fingerprint density at radius 3 is 2.38 bits per heavy atom. The second-order valence-electron chi connectivity index (χ2n) is 5.70. The lowest BCUT2D eigenvalue weighted by molar-refractivity contribution is 0.102. The van der Waals surface area contributed by atoms with Crippen LogP contribution >= 0.6 is 23.2 Å². The molecular formula is C20H17Cl2N3O. The first-order valence-electron chi connectivity index (χ1n) is 8.11. The Bertz CT molecular complexity index is 898. The van der Waals surface area contributed by atoms with E-state index in [1.165, 1.54) is 0 Å². The lowest BCUT2D eigenvalue weighted by Gasteiger charge is -2.08. The molecule has 0 fully saturated rings. The van der Waals surface area contributed by atoms with Crippen LogP contribution in [0.1, 0.15) is 16.1 Å². The maximum absolute atomic E-state index is 12.2. The predicted octanol–water partition coefficient (Wildman–Crippen LogP) is 5.30. The molecule has 6 heteroatoms. The van der Waals surface area contributed by atoms with Crippen molar-refractivity contribution in [1.82, 2.24) is 4.98 Å². The number of halogens is 2. The van der Waals surface area contributed by atoms with Crippen molar-refractivity contribution in [2.75, 3.05) is 17.2 Å². The van der Waals surface area contributed by atoms with Gasteiger partial charge in [-0.1, -0.05) is 41.4 Å². The Morgan fingerprint density at radius 2 is 1.69 bits per heavy atom. The Balaban J connectivity index is 1.53. The summed E-state index contributed by atoms with van der Waals surface area (Å²) in [7, 11) is 0. The summed E-state index contributed by atoms with van der Waals surface area (Å²) in [6.45, 7) is 0.746. The van der Waals surface area contributed by atoms with Crippen LogP contribution < -0.4 is 10.6 Å². The lowest BCUT2D eigenvalue weighted by atomic mass is 10.1. The normalized spacial score (nSPS) is 10.4. The van der Waals surface area contributed by atoms with Crippen LogP contribution in [0.25, 0.3) is 0 Å². The number of aromatic nitrogens is 1. The van der Waals surface area contributed by atoms with Crippen molar-refractivity contribution in [3.8, 4) is 0 Å². The third kappa shape index (κ3) is 5.22. The van der Waals surface area contributed by atoms with E-state index in [-0.39, 0.29) is 5.91 Å². The summed E-state index contributed by atoms with van der Waals surface area (Å²) in [5, 5.41) is 7.35. The maximum atomic E-state index is 12.2. The summed E-state index contributed by atoms with van der Waals surface area (Å²) >= 11 is 11.9. The number of carbonyl (C=O) groups excluding carboxylic acids is 1. The Labute approximate surface area is 162 Å². The molecule has 0 saturated carbocycles.